The summed E-state index contributed by atoms with van der Waals surface area (Å²) >= 11 is 0. The van der Waals surface area contributed by atoms with Gasteiger partial charge < -0.3 is 84.6 Å². The van der Waals surface area contributed by atoms with E-state index in [0.29, 0.717) is 47.5 Å². The van der Waals surface area contributed by atoms with Crippen molar-refractivity contribution >= 4 is 0 Å². The summed E-state index contributed by atoms with van der Waals surface area (Å²) < 4.78 is 35.5. The van der Waals surface area contributed by atoms with Gasteiger partial charge in [-0.25, -0.2) is 0 Å². The van der Waals surface area contributed by atoms with E-state index in [2.05, 4.69) is 32.6 Å². The highest BCUT2D eigenvalue weighted by molar-refractivity contribution is 5.18. The van der Waals surface area contributed by atoms with Gasteiger partial charge in [-0.15, -0.1) is 0 Å². The SMILES string of the molecule is C[C@H]1C[C@H](O)[C@@H]2[C@@H](C)[C@H]3[C@H](C[C@@H]4[C@@H]5CC[C@H]6C[C@@H](O[C@@H]7O[C@H](CO)[C@H](O[C@@H]8O[C@H](CO)[C@@H](O)[C@H](O)[C@H]8O[C@@H]8O[C@H](CO)[C@@H](O)[C@H](O)[C@H]8O)[C@H](O)[C@H]7O)CC[C@]6(C)[C@H]5CC[C@]34C)N2C1. The van der Waals surface area contributed by atoms with E-state index in [1.165, 1.54) is 25.7 Å². The van der Waals surface area contributed by atoms with Crippen LogP contribution >= 0.6 is 0 Å². The Morgan fingerprint density at radius 2 is 1.16 bits per heavy atom. The Hall–Kier alpha value is -0.720. The number of hydrogen-bond donors (Lipinski definition) is 11. The number of ether oxygens (including phenoxy) is 6. The molecular formula is C45H75NO17. The molecule has 0 bridgehead atoms. The van der Waals surface area contributed by atoms with Gasteiger partial charge in [-0.2, -0.15) is 0 Å². The van der Waals surface area contributed by atoms with Crippen LogP contribution in [-0.4, -0.2) is 204 Å². The zero-order valence-electron chi connectivity index (χ0n) is 37.0. The van der Waals surface area contributed by atoms with Crippen LogP contribution in [0.2, 0.25) is 0 Å². The minimum absolute atomic E-state index is 0.142. The van der Waals surface area contributed by atoms with Gasteiger partial charge >= 0.3 is 0 Å². The van der Waals surface area contributed by atoms with Crippen LogP contribution in [0.1, 0.15) is 85.5 Å². The molecule has 0 amide bonds. The largest absolute Gasteiger partial charge is 0.394 e. The van der Waals surface area contributed by atoms with Gasteiger partial charge in [-0.3, -0.25) is 4.90 Å². The molecule has 11 N–H and O–H groups in total. The summed E-state index contributed by atoms with van der Waals surface area (Å²) in [6, 6.07) is 0.831. The Bertz CT molecular complexity index is 1580. The third-order valence-electron chi connectivity index (χ3n) is 18.6. The fourth-order valence-corrected chi connectivity index (χ4v) is 15.6. The molecule has 4 aliphatic carbocycles. The molecule has 0 radical (unpaired) electrons. The van der Waals surface area contributed by atoms with Crippen LogP contribution in [0.4, 0.5) is 0 Å². The number of nitrogens with zero attached hydrogens (tertiary/aromatic N) is 1. The van der Waals surface area contributed by atoms with Gasteiger partial charge in [0.2, 0.25) is 0 Å². The standard InChI is InChI=1S/C45H75NO17/c1-18-11-26(50)31-19(2)30-25(46(31)14-18)13-24-22-6-5-20-12-21(7-9-44(20,3)23(22)8-10-45(24,30)4)58-41-38(57)36(55)39(29(17-49)61-41)62-43-40(35(54)33(52)28(16-48)60-43)63-42-37(56)34(53)32(51)27(15-47)59-42/h18-43,47-57H,5-17H2,1-4H3/t18-,19-,20-,21-,22+,23-,24+,25-,26-,27+,28+,29+,30-,31-,32+,33+,34-,35-,36+,37+,38+,39-,40+,41+,42-,43-,44-,45-/m0/s1. The molecule has 4 saturated carbocycles. The maximum atomic E-state index is 11.5. The summed E-state index contributed by atoms with van der Waals surface area (Å²) in [6.07, 6.45) is -15.8. The van der Waals surface area contributed by atoms with Crippen molar-refractivity contribution < 1.29 is 84.6 Å². The van der Waals surface area contributed by atoms with Crippen LogP contribution in [0.5, 0.6) is 0 Å². The van der Waals surface area contributed by atoms with Crippen LogP contribution in [0, 0.1) is 52.3 Å². The second-order valence-electron chi connectivity index (χ2n) is 21.8. The molecule has 63 heavy (non-hydrogen) atoms. The maximum absolute atomic E-state index is 11.5. The number of hydrogen-bond acceptors (Lipinski definition) is 18. The molecule has 0 aromatic carbocycles. The Balaban J connectivity index is 0.843. The van der Waals surface area contributed by atoms with Gasteiger partial charge in [-0.1, -0.05) is 27.7 Å². The van der Waals surface area contributed by atoms with Crippen LogP contribution in [0.25, 0.3) is 0 Å². The third-order valence-corrected chi connectivity index (χ3v) is 18.6. The van der Waals surface area contributed by atoms with E-state index >= 15 is 0 Å². The molecule has 5 heterocycles. The lowest BCUT2D eigenvalue weighted by molar-refractivity contribution is -0.390. The molecule has 18 nitrogen and oxygen atoms in total. The van der Waals surface area contributed by atoms with E-state index in [1.54, 1.807) is 0 Å². The number of aliphatic hydroxyl groups excluding tert-OH is 11. The number of fused-ring (bicyclic) bond motifs is 9. The summed E-state index contributed by atoms with van der Waals surface area (Å²) in [4.78, 5) is 2.72. The van der Waals surface area contributed by atoms with Crippen molar-refractivity contribution in [1.29, 1.82) is 0 Å². The molecule has 9 fully saturated rings. The Labute approximate surface area is 369 Å². The molecule has 9 aliphatic rings. The highest BCUT2D eigenvalue weighted by atomic mass is 16.8. The van der Waals surface area contributed by atoms with Crippen LogP contribution in [0.15, 0.2) is 0 Å². The van der Waals surface area contributed by atoms with Crippen molar-refractivity contribution in [2.75, 3.05) is 26.4 Å². The van der Waals surface area contributed by atoms with Gasteiger partial charge in [-0.05, 0) is 110 Å². The second kappa shape index (κ2) is 18.0. The smallest absolute Gasteiger partial charge is 0.187 e. The summed E-state index contributed by atoms with van der Waals surface area (Å²) in [5, 5.41) is 117. The minimum atomic E-state index is -1.89. The fourth-order valence-electron chi connectivity index (χ4n) is 15.6. The predicted octanol–water partition coefficient (Wildman–Crippen LogP) is -1.82. The van der Waals surface area contributed by atoms with Crippen molar-refractivity contribution in [3.8, 4) is 0 Å². The highest BCUT2D eigenvalue weighted by Crippen LogP contribution is 2.71. The molecule has 28 atom stereocenters. The molecule has 0 aromatic rings. The Morgan fingerprint density at radius 3 is 1.86 bits per heavy atom. The van der Waals surface area contributed by atoms with Gasteiger partial charge in [0.1, 0.15) is 73.2 Å². The monoisotopic (exact) mass is 902 g/mol. The summed E-state index contributed by atoms with van der Waals surface area (Å²) in [5.74, 6) is 3.97. The van der Waals surface area contributed by atoms with Crippen LogP contribution in [0.3, 0.4) is 0 Å². The van der Waals surface area contributed by atoms with Gasteiger partial charge in [0.25, 0.3) is 0 Å². The summed E-state index contributed by atoms with van der Waals surface area (Å²) in [5.41, 5.74) is 0.417. The molecule has 5 saturated heterocycles. The normalized spacial score (nSPS) is 58.3. The minimum Gasteiger partial charge on any atom is -0.394 e. The van der Waals surface area contributed by atoms with E-state index in [1.807, 2.05) is 0 Å². The highest BCUT2D eigenvalue weighted by Gasteiger charge is 2.68. The summed E-state index contributed by atoms with van der Waals surface area (Å²) in [6.45, 7) is 8.64. The van der Waals surface area contributed by atoms with Crippen molar-refractivity contribution in [2.24, 2.45) is 52.3 Å². The zero-order chi connectivity index (χ0) is 45.0. The number of piperidine rings is 1. The molecule has 0 unspecified atom stereocenters. The molecule has 18 heteroatoms. The molecule has 0 aromatic heterocycles. The van der Waals surface area contributed by atoms with Gasteiger partial charge in [0.15, 0.2) is 18.9 Å². The van der Waals surface area contributed by atoms with Gasteiger partial charge in [0, 0.05) is 18.6 Å². The lowest BCUT2D eigenvalue weighted by Gasteiger charge is -2.61. The van der Waals surface area contributed by atoms with E-state index in [4.69, 9.17) is 28.4 Å². The van der Waals surface area contributed by atoms with Crippen molar-refractivity contribution in [1.82, 2.24) is 4.90 Å². The molecule has 5 aliphatic heterocycles. The Kier molecular flexibility index (Phi) is 13.5. The zero-order valence-corrected chi connectivity index (χ0v) is 37.0. The lowest BCUT2D eigenvalue weighted by Crippen LogP contribution is -2.67. The van der Waals surface area contributed by atoms with E-state index in [0.717, 1.165) is 38.6 Å². The molecule has 362 valence electrons. The first-order chi connectivity index (χ1) is 29.9. The van der Waals surface area contributed by atoms with Crippen molar-refractivity contribution in [2.45, 2.75) is 202 Å². The van der Waals surface area contributed by atoms with E-state index in [9.17, 15) is 56.2 Å². The lowest BCUT2D eigenvalue weighted by atomic mass is 9.44. The van der Waals surface area contributed by atoms with Crippen molar-refractivity contribution in [3.05, 3.63) is 0 Å². The second-order valence-corrected chi connectivity index (χ2v) is 21.8. The number of aliphatic hydroxyl groups is 11. The first-order valence-corrected chi connectivity index (χ1v) is 23.9. The average molecular weight is 902 g/mol. The first kappa shape index (κ1) is 47.4. The fraction of sp³-hybridized carbons (Fsp3) is 1.00. The number of rotatable bonds is 9. The van der Waals surface area contributed by atoms with E-state index < -0.39 is 112 Å². The summed E-state index contributed by atoms with van der Waals surface area (Å²) in [7, 11) is 0. The van der Waals surface area contributed by atoms with Crippen LogP contribution in [-0.2, 0) is 28.4 Å². The quantitative estimate of drug-likeness (QED) is 0.114. The third kappa shape index (κ3) is 7.79. The van der Waals surface area contributed by atoms with Crippen LogP contribution < -0.4 is 0 Å². The first-order valence-electron chi connectivity index (χ1n) is 23.9. The van der Waals surface area contributed by atoms with Crippen molar-refractivity contribution in [3.63, 3.8) is 0 Å². The Morgan fingerprint density at radius 1 is 0.571 bits per heavy atom. The predicted molar refractivity (Wildman–Crippen MR) is 218 cm³/mol. The molecular weight excluding hydrogens is 826 g/mol. The molecule has 9 rings (SSSR count). The maximum Gasteiger partial charge on any atom is 0.187 e. The topological polar surface area (TPSA) is 281 Å². The average Bonchev–Trinajstić information content (AvgIpc) is 3.73. The van der Waals surface area contributed by atoms with E-state index in [-0.39, 0.29) is 29.1 Å². The van der Waals surface area contributed by atoms with Gasteiger partial charge in [0.05, 0.1) is 32.0 Å². The molecule has 0 spiro atoms.